The summed E-state index contributed by atoms with van der Waals surface area (Å²) in [7, 11) is 12.7. The minimum Gasteiger partial charge on any atom is -0.394 e. The zero-order valence-corrected chi connectivity index (χ0v) is 87.0. The number of carbonyl (C=O) groups excluding carboxylic acids is 17. The minimum atomic E-state index is -1.42. The highest BCUT2D eigenvalue weighted by Crippen LogP contribution is 2.25. The fraction of sp³-hybridized carbons (Fsp3) is 0.470. The number of hydrogen-bond donors (Lipinski definition) is 17. The fourth-order valence-electron chi connectivity index (χ4n) is 15.5. The van der Waals surface area contributed by atoms with Gasteiger partial charge >= 0.3 is 0 Å². The van der Waals surface area contributed by atoms with Gasteiger partial charge in [-0.15, -0.1) is 0 Å². The number of aliphatic hydroxyl groups is 1. The van der Waals surface area contributed by atoms with Crippen LogP contribution in [0.15, 0.2) is 122 Å². The van der Waals surface area contributed by atoms with Gasteiger partial charge in [-0.05, 0) is 111 Å². The van der Waals surface area contributed by atoms with E-state index in [1.165, 1.54) is 102 Å². The Morgan fingerprint density at radius 3 is 1.42 bits per heavy atom. The molecule has 804 valence electrons. The Hall–Kier alpha value is -16.1. The van der Waals surface area contributed by atoms with Crippen LogP contribution >= 0.6 is 0 Å². The second kappa shape index (κ2) is 56.6. The molecule has 5 atom stereocenters. The van der Waals surface area contributed by atoms with Crippen molar-refractivity contribution in [1.29, 1.82) is 0 Å². The molecule has 49 heteroatoms. The highest BCUT2D eigenvalue weighted by molar-refractivity contribution is 6.07. The molecule has 0 fully saturated rings. The van der Waals surface area contributed by atoms with Crippen molar-refractivity contribution in [3.8, 4) is 0 Å². The maximum absolute atomic E-state index is 14.3. The van der Waals surface area contributed by atoms with Crippen LogP contribution in [0, 0.1) is 5.92 Å². The van der Waals surface area contributed by atoms with Gasteiger partial charge in [-0.25, -0.2) is 19.9 Å². The molecule has 2 aromatic carbocycles. The second-order valence-electron chi connectivity index (χ2n) is 37.2. The van der Waals surface area contributed by atoms with Gasteiger partial charge in [0, 0.05) is 183 Å². The lowest BCUT2D eigenvalue weighted by Gasteiger charge is -2.27. The summed E-state index contributed by atoms with van der Waals surface area (Å²) in [6, 6.07) is 14.5. The van der Waals surface area contributed by atoms with Gasteiger partial charge < -0.3 is 141 Å². The Morgan fingerprint density at radius 1 is 0.409 bits per heavy atom. The number of ether oxygens (including phenoxy) is 2. The average molecular weight is 2070 g/mol. The smallest absolute Gasteiger partial charge is 0.291 e. The number of amides is 17. The first kappa shape index (κ1) is 117. The third-order valence-electron chi connectivity index (χ3n) is 23.8. The lowest BCUT2D eigenvalue weighted by Crippen LogP contribution is -2.59. The van der Waals surface area contributed by atoms with Crippen LogP contribution in [0.5, 0.6) is 0 Å². The molecule has 0 unspecified atom stereocenters. The maximum Gasteiger partial charge on any atom is 0.291 e. The van der Waals surface area contributed by atoms with Crippen LogP contribution in [-0.2, 0) is 114 Å². The number of aryl methyl sites for hydroxylation is 7. The molecule has 0 saturated heterocycles. The lowest BCUT2D eigenvalue weighted by atomic mass is 9.86. The largest absolute Gasteiger partial charge is 0.394 e. The second-order valence-corrected chi connectivity index (χ2v) is 37.2. The summed E-state index contributed by atoms with van der Waals surface area (Å²) in [6.07, 6.45) is 13.3. The van der Waals surface area contributed by atoms with E-state index in [4.69, 9.17) is 9.47 Å². The molecule has 0 aliphatic heterocycles. The number of aromatic nitrogens is 11. The lowest BCUT2D eigenvalue weighted by molar-refractivity contribution is -0.135. The van der Waals surface area contributed by atoms with E-state index in [2.05, 4.69) is 131 Å². The van der Waals surface area contributed by atoms with Crippen molar-refractivity contribution >= 4 is 135 Å². The highest BCUT2D eigenvalue weighted by Gasteiger charge is 2.34. The molecular formula is C100H139N29O20. The summed E-state index contributed by atoms with van der Waals surface area (Å²) in [5.41, 5.74) is 3.38. The number of rotatable bonds is 58. The Kier molecular flexibility index (Phi) is 44.3. The summed E-state index contributed by atoms with van der Waals surface area (Å²) in [6.45, 7) is 17.4. The Balaban J connectivity index is 0.611. The van der Waals surface area contributed by atoms with E-state index in [0.717, 1.165) is 30.8 Å². The molecule has 17 N–H and O–H groups in total. The normalized spacial score (nSPS) is 12.3. The quantitative estimate of drug-likeness (QED) is 0.0244. The van der Waals surface area contributed by atoms with Crippen molar-refractivity contribution in [1.82, 2.24) is 115 Å². The SMILES string of the molecule is CCN(CC)CCCC[C@H](NC(=O)[C@H](CC(C)C)NC(=O)[C@H](C)NC(=O)[C@H](Cc1ccccc1)NC(=O)c1ccc(C(C)(C)C)cc1)C(=O)N[C@@H](CO)C(=O)NCCOCCOCCN(C)C(=O)CCNC(=O)c1nc(NC(=O)c2cc(NC(=O)CCNC(=O)c3nc(NC(=O)CCCNC(=O)c4cc(NC(=O)c5nc(NC(=O)CCNC(=O)c6cc(NC(=O)c7nccn7C)cn6C)cn5C)cn4C)cn3C)cn2C)cn1C. The number of imidazole rings is 4. The number of likely N-dealkylation sites (N-methyl/N-ethyl adjacent to an activating group) is 1. The van der Waals surface area contributed by atoms with Crippen molar-refractivity contribution in [2.75, 3.05) is 131 Å². The molecule has 17 amide bonds. The van der Waals surface area contributed by atoms with Crippen LogP contribution in [0.1, 0.15) is 209 Å². The molecule has 7 aromatic heterocycles. The van der Waals surface area contributed by atoms with E-state index in [0.29, 0.717) is 24.1 Å². The van der Waals surface area contributed by atoms with E-state index in [-0.39, 0.29) is 204 Å². The van der Waals surface area contributed by atoms with Gasteiger partial charge in [-0.3, -0.25) is 81.5 Å². The molecule has 149 heavy (non-hydrogen) atoms. The summed E-state index contributed by atoms with van der Waals surface area (Å²) >= 11 is 0. The first-order valence-corrected chi connectivity index (χ1v) is 49.1. The molecule has 0 aliphatic carbocycles. The van der Waals surface area contributed by atoms with Gasteiger partial charge in [0.05, 0.1) is 50.1 Å². The van der Waals surface area contributed by atoms with Gasteiger partial charge in [0.25, 0.3) is 47.3 Å². The van der Waals surface area contributed by atoms with Crippen LogP contribution < -0.4 is 85.1 Å². The number of aliphatic hydroxyl groups excluding tert-OH is 1. The van der Waals surface area contributed by atoms with E-state index in [9.17, 15) is 86.6 Å². The number of nitrogens with one attached hydrogen (secondary N) is 16. The Labute approximate surface area is 862 Å². The Morgan fingerprint density at radius 2 is 0.886 bits per heavy atom. The molecule has 0 saturated carbocycles. The van der Waals surface area contributed by atoms with Gasteiger partial charge in [0.1, 0.15) is 47.3 Å². The average Bonchev–Trinajstić information content (AvgIpc) is 1.69. The van der Waals surface area contributed by atoms with Gasteiger partial charge in [-0.2, -0.15) is 0 Å². The standard InChI is InChI=1S/C100H139N29O20/c1-17-129(18-2)42-23-22-27-69(111-92(140)70(49-61(3)4)112-87(135)62(5)107-91(139)71(50-63-25-20-19-21-26-63)113-88(136)64-29-31-65(32-30-64)100(6,7)8)90(138)114-72(60-130)89(137)106-41-45-148-47-48-149-46-44-121(9)82(134)35-39-105-97(145)85-119-78(59-127(85)15)120-95(143)75-51-66(54-125(75)13)108-80(132)33-38-104-96(144)84-117-76(57-126(84)14)115-79(131)28-24-36-102-93(141)73-53-68(56-123(73)11)110-99(147)86-118-77(58-128(86)16)116-81(133)34-37-103-94(142)74-52-67(55-124(74)12)109-98(146)83-101-40-43-122(83)10/h19-21,25-26,29-32,40,43,51-59,61-62,69-72,130H,17-18,22-24,27-28,33-39,41-42,44-50,60H2,1-16H3,(H,102,141)(H,103,142)(H,104,144)(H,105,145)(H,106,137)(H,107,139)(H,108,132)(H,109,146)(H,110,147)(H,111,140)(H,112,135)(H,113,136)(H,114,138)(H,115,131)(H,116,133)(H,120,143)/t62-,69-,70-,71-,72-/m0/s1. The van der Waals surface area contributed by atoms with Crippen molar-refractivity contribution in [3.05, 3.63) is 179 Å². The molecular weight excluding hydrogens is 1930 g/mol. The van der Waals surface area contributed by atoms with Gasteiger partial charge in [0.2, 0.25) is 70.6 Å². The first-order chi connectivity index (χ1) is 70.9. The number of benzene rings is 2. The molecule has 9 rings (SSSR count). The maximum atomic E-state index is 14.3. The van der Waals surface area contributed by atoms with E-state index in [1.807, 2.05) is 70.2 Å². The molecule has 0 radical (unpaired) electrons. The molecule has 0 bridgehead atoms. The van der Waals surface area contributed by atoms with Gasteiger partial charge in [0.15, 0.2) is 23.3 Å². The third-order valence-corrected chi connectivity index (χ3v) is 23.8. The van der Waals surface area contributed by atoms with Crippen LogP contribution in [0.2, 0.25) is 0 Å². The minimum absolute atomic E-state index is 0.0197. The summed E-state index contributed by atoms with van der Waals surface area (Å²) in [5, 5.41) is 53.4. The zero-order valence-electron chi connectivity index (χ0n) is 87.0. The number of unbranched alkanes of at least 4 members (excludes halogenated alkanes) is 1. The summed E-state index contributed by atoms with van der Waals surface area (Å²) < 4.78 is 21.5. The predicted octanol–water partition coefficient (Wildman–Crippen LogP) is 2.63. The van der Waals surface area contributed by atoms with Crippen LogP contribution in [0.3, 0.4) is 0 Å². The Bertz CT molecular complexity index is 6170. The van der Waals surface area contributed by atoms with Crippen LogP contribution in [0.4, 0.5) is 34.5 Å². The molecule has 9 aromatic rings. The molecule has 7 heterocycles. The fourth-order valence-corrected chi connectivity index (χ4v) is 15.5. The third kappa shape index (κ3) is 36.2. The number of anilines is 6. The summed E-state index contributed by atoms with van der Waals surface area (Å²) in [4.78, 5) is 248. The van der Waals surface area contributed by atoms with Crippen molar-refractivity contribution in [3.63, 3.8) is 0 Å². The number of nitrogens with zero attached hydrogens (tertiary/aromatic N) is 13. The van der Waals surface area contributed by atoms with E-state index >= 15 is 0 Å². The van der Waals surface area contributed by atoms with Crippen LogP contribution in [-0.4, -0.2) is 296 Å². The van der Waals surface area contributed by atoms with Crippen molar-refractivity contribution in [2.24, 2.45) is 55.3 Å². The predicted molar refractivity (Wildman–Crippen MR) is 552 cm³/mol. The molecule has 0 spiro atoms. The van der Waals surface area contributed by atoms with E-state index < -0.39 is 131 Å². The van der Waals surface area contributed by atoms with Crippen molar-refractivity contribution in [2.45, 2.75) is 155 Å². The number of carbonyl (C=O) groups is 17. The first-order valence-electron chi connectivity index (χ1n) is 49.1. The number of hydrogen-bond acceptors (Lipinski definition) is 25. The zero-order chi connectivity index (χ0) is 109. The molecule has 49 nitrogen and oxygen atoms in total. The van der Waals surface area contributed by atoms with E-state index in [1.54, 1.807) is 78.4 Å². The van der Waals surface area contributed by atoms with Crippen molar-refractivity contribution < 1.29 is 96.1 Å². The monoisotopic (exact) mass is 2070 g/mol. The highest BCUT2D eigenvalue weighted by atomic mass is 16.5. The van der Waals surface area contributed by atoms with Gasteiger partial charge in [-0.1, -0.05) is 90.9 Å². The topological polar surface area (TPSA) is 614 Å². The molecule has 0 aliphatic rings. The summed E-state index contributed by atoms with van der Waals surface area (Å²) in [5.74, 6) is -9.76. The van der Waals surface area contributed by atoms with Crippen LogP contribution in [0.25, 0.3) is 0 Å².